The van der Waals surface area contributed by atoms with Crippen molar-refractivity contribution in [2.75, 3.05) is 0 Å². The smallest absolute Gasteiger partial charge is 0.253 e. The molecule has 1 rings (SSSR count). The second-order valence-corrected chi connectivity index (χ2v) is 3.39. The maximum Gasteiger partial charge on any atom is 0.280 e. The molecule has 1 aromatic rings. The Labute approximate surface area is 95.4 Å². The number of aromatic nitrogens is 1. The van der Waals surface area contributed by atoms with Crippen LogP contribution >= 0.6 is 23.2 Å². The summed E-state index contributed by atoms with van der Waals surface area (Å²) in [4.78, 5) is 3.52. The number of alkyl halides is 3. The van der Waals surface area contributed by atoms with Gasteiger partial charge in [-0.25, -0.2) is 8.78 Å². The average molecular weight is 251 g/mol. The Balaban J connectivity index is 3.34. The predicted octanol–water partition coefficient (Wildman–Crippen LogP) is 3.48. The van der Waals surface area contributed by atoms with Crippen LogP contribution in [0.2, 0.25) is 5.02 Å². The molecular weight excluding hydrogens is 245 g/mol. The number of pyridine rings is 1. The van der Waals surface area contributed by atoms with E-state index in [9.17, 15) is 8.78 Å². The van der Waals surface area contributed by atoms with Crippen molar-refractivity contribution in [1.29, 1.82) is 5.26 Å². The van der Waals surface area contributed by atoms with E-state index >= 15 is 0 Å². The number of nitriles is 1. The Kier molecular flexibility index (Phi) is 4.25. The first-order chi connectivity index (χ1) is 7.11. The van der Waals surface area contributed by atoms with E-state index in [-0.39, 0.29) is 22.9 Å². The van der Waals surface area contributed by atoms with Gasteiger partial charge in [0.05, 0.1) is 17.5 Å². The second kappa shape index (κ2) is 5.24. The molecule has 6 heteroatoms. The summed E-state index contributed by atoms with van der Waals surface area (Å²) >= 11 is 11.3. The predicted molar refractivity (Wildman–Crippen MR) is 53.1 cm³/mol. The van der Waals surface area contributed by atoms with Crippen molar-refractivity contribution in [3.63, 3.8) is 0 Å². The Morgan fingerprint density at radius 2 is 2.13 bits per heavy atom. The normalized spacial score (nSPS) is 10.4. The van der Waals surface area contributed by atoms with E-state index in [1.54, 1.807) is 0 Å². The fraction of sp³-hybridized carbons (Fsp3) is 0.333. The molecule has 0 aliphatic rings. The number of hydrogen-bond acceptors (Lipinski definition) is 2. The van der Waals surface area contributed by atoms with Crippen LogP contribution in [0.25, 0.3) is 0 Å². The van der Waals surface area contributed by atoms with Gasteiger partial charge < -0.3 is 0 Å². The van der Waals surface area contributed by atoms with E-state index in [1.807, 2.05) is 6.07 Å². The number of rotatable bonds is 3. The van der Waals surface area contributed by atoms with Crippen LogP contribution in [0.4, 0.5) is 8.78 Å². The molecule has 0 atom stereocenters. The molecule has 0 amide bonds. The molecule has 0 unspecified atom stereocenters. The minimum absolute atomic E-state index is 0.0525. The van der Waals surface area contributed by atoms with Crippen LogP contribution in [0.5, 0.6) is 0 Å². The average Bonchev–Trinajstić information content (AvgIpc) is 2.20. The first-order valence-electron chi connectivity index (χ1n) is 3.99. The summed E-state index contributed by atoms with van der Waals surface area (Å²) in [6, 6.07) is 1.85. The standard InChI is InChI=1S/C9H6Cl2F2N2/c10-3-6-5(1-2-14)7(11)4-15-8(6)9(12)13/h4,9H,1,3H2. The fourth-order valence-corrected chi connectivity index (χ4v) is 1.72. The van der Waals surface area contributed by atoms with Crippen molar-refractivity contribution in [2.24, 2.45) is 0 Å². The summed E-state index contributed by atoms with van der Waals surface area (Å²) < 4.78 is 25.0. The Morgan fingerprint density at radius 3 is 2.60 bits per heavy atom. The topological polar surface area (TPSA) is 36.7 Å². The van der Waals surface area contributed by atoms with Crippen LogP contribution in [0.1, 0.15) is 23.2 Å². The highest BCUT2D eigenvalue weighted by Crippen LogP contribution is 2.29. The second-order valence-electron chi connectivity index (χ2n) is 2.72. The van der Waals surface area contributed by atoms with Gasteiger partial charge in [0.1, 0.15) is 5.69 Å². The van der Waals surface area contributed by atoms with E-state index in [4.69, 9.17) is 28.5 Å². The lowest BCUT2D eigenvalue weighted by molar-refractivity contribution is 0.145. The maximum atomic E-state index is 12.5. The minimum atomic E-state index is -2.71. The van der Waals surface area contributed by atoms with Gasteiger partial charge >= 0.3 is 0 Å². The lowest BCUT2D eigenvalue weighted by Crippen LogP contribution is -2.02. The molecule has 1 aromatic heterocycles. The maximum absolute atomic E-state index is 12.5. The summed E-state index contributed by atoms with van der Waals surface area (Å²) in [5.74, 6) is -0.135. The molecule has 0 aliphatic heterocycles. The van der Waals surface area contributed by atoms with E-state index in [0.717, 1.165) is 6.20 Å². The molecule has 80 valence electrons. The molecule has 0 fully saturated rings. The minimum Gasteiger partial charge on any atom is -0.253 e. The van der Waals surface area contributed by atoms with Crippen molar-refractivity contribution < 1.29 is 8.78 Å². The summed E-state index contributed by atoms with van der Waals surface area (Å²) in [6.07, 6.45) is -1.65. The molecule has 0 aromatic carbocycles. The molecule has 0 spiro atoms. The van der Waals surface area contributed by atoms with Crippen molar-refractivity contribution in [3.8, 4) is 6.07 Å². The molecule has 0 saturated carbocycles. The highest BCUT2D eigenvalue weighted by Gasteiger charge is 2.19. The molecule has 0 aliphatic carbocycles. The van der Waals surface area contributed by atoms with Gasteiger partial charge in [-0.2, -0.15) is 5.26 Å². The van der Waals surface area contributed by atoms with Crippen molar-refractivity contribution >= 4 is 23.2 Å². The largest absolute Gasteiger partial charge is 0.280 e. The van der Waals surface area contributed by atoms with Crippen molar-refractivity contribution in [2.45, 2.75) is 18.7 Å². The van der Waals surface area contributed by atoms with Gasteiger partial charge in [0.25, 0.3) is 6.43 Å². The summed E-state index contributed by atoms with van der Waals surface area (Å²) in [7, 11) is 0. The Morgan fingerprint density at radius 1 is 1.47 bits per heavy atom. The first-order valence-corrected chi connectivity index (χ1v) is 4.90. The van der Waals surface area contributed by atoms with Crippen LogP contribution in [0.15, 0.2) is 6.20 Å². The zero-order chi connectivity index (χ0) is 11.4. The van der Waals surface area contributed by atoms with E-state index in [2.05, 4.69) is 4.98 Å². The fourth-order valence-electron chi connectivity index (χ4n) is 1.19. The monoisotopic (exact) mass is 250 g/mol. The van der Waals surface area contributed by atoms with Gasteiger partial charge in [0.2, 0.25) is 0 Å². The summed E-state index contributed by atoms with van der Waals surface area (Å²) in [5.41, 5.74) is 0.0832. The lowest BCUT2D eigenvalue weighted by atomic mass is 10.1. The quantitative estimate of drug-likeness (QED) is 0.771. The third kappa shape index (κ3) is 2.55. The van der Waals surface area contributed by atoms with E-state index in [0.29, 0.717) is 5.56 Å². The zero-order valence-corrected chi connectivity index (χ0v) is 8.99. The SMILES string of the molecule is N#CCc1c(Cl)cnc(C(F)F)c1CCl. The third-order valence-electron chi connectivity index (χ3n) is 1.87. The van der Waals surface area contributed by atoms with Crippen molar-refractivity contribution in [3.05, 3.63) is 28.0 Å². The van der Waals surface area contributed by atoms with Crippen LogP contribution in [-0.2, 0) is 12.3 Å². The van der Waals surface area contributed by atoms with E-state index in [1.165, 1.54) is 0 Å². The van der Waals surface area contributed by atoms with Crippen LogP contribution in [0, 0.1) is 11.3 Å². The van der Waals surface area contributed by atoms with Crippen LogP contribution in [-0.4, -0.2) is 4.98 Å². The van der Waals surface area contributed by atoms with Crippen molar-refractivity contribution in [1.82, 2.24) is 4.98 Å². The molecule has 0 N–H and O–H groups in total. The number of nitrogens with zero attached hydrogens (tertiary/aromatic N) is 2. The molecule has 2 nitrogen and oxygen atoms in total. The van der Waals surface area contributed by atoms with Crippen LogP contribution < -0.4 is 0 Å². The molecule has 1 heterocycles. The molecule has 0 saturated heterocycles. The zero-order valence-electron chi connectivity index (χ0n) is 7.48. The molecule has 0 radical (unpaired) electrons. The summed E-state index contributed by atoms with van der Waals surface area (Å²) in [6.45, 7) is 0. The Bertz CT molecular complexity index is 402. The molecular formula is C9H6Cl2F2N2. The highest BCUT2D eigenvalue weighted by atomic mass is 35.5. The van der Waals surface area contributed by atoms with Gasteiger partial charge in [-0.1, -0.05) is 11.6 Å². The third-order valence-corrected chi connectivity index (χ3v) is 2.47. The van der Waals surface area contributed by atoms with Gasteiger partial charge in [0.15, 0.2) is 0 Å². The van der Waals surface area contributed by atoms with Gasteiger partial charge in [-0.15, -0.1) is 11.6 Å². The van der Waals surface area contributed by atoms with Crippen LogP contribution in [0.3, 0.4) is 0 Å². The summed E-state index contributed by atoms with van der Waals surface area (Å²) in [5, 5.41) is 8.73. The van der Waals surface area contributed by atoms with E-state index < -0.39 is 12.1 Å². The Hall–Kier alpha value is -0.920. The highest BCUT2D eigenvalue weighted by molar-refractivity contribution is 6.31. The molecule has 0 bridgehead atoms. The number of hydrogen-bond donors (Lipinski definition) is 0. The van der Waals surface area contributed by atoms with Gasteiger partial charge in [0, 0.05) is 17.6 Å². The first kappa shape index (κ1) is 12.2. The van der Waals surface area contributed by atoms with Gasteiger partial charge in [-0.05, 0) is 5.56 Å². The van der Waals surface area contributed by atoms with Gasteiger partial charge in [-0.3, -0.25) is 4.98 Å². The molecule has 15 heavy (non-hydrogen) atoms. The lowest BCUT2D eigenvalue weighted by Gasteiger charge is -2.10. The number of halogens is 4.